The van der Waals surface area contributed by atoms with E-state index in [1.54, 1.807) is 6.20 Å². The standard InChI is InChI=1S/C49H32N2O/c1-2-8-33(9-3-1)38-12-6-13-42(30-38)51(41-25-20-36(21-26-41)44-15-7-11-35-10-4-5-14-43(35)44)40-23-18-34(19-24-40)39-17-16-37-22-27-47-49(46(37)31-39)45-28-29-50-32-48(45)52-47/h1-32H. The number of anilines is 3. The van der Waals surface area contributed by atoms with E-state index in [2.05, 4.69) is 186 Å². The minimum atomic E-state index is 0.807. The van der Waals surface area contributed by atoms with Crippen molar-refractivity contribution in [2.45, 2.75) is 0 Å². The molecule has 3 heteroatoms. The molecule has 0 atom stereocenters. The quantitative estimate of drug-likeness (QED) is 0.177. The molecule has 0 radical (unpaired) electrons. The Morgan fingerprint density at radius 2 is 1.02 bits per heavy atom. The normalized spacial score (nSPS) is 11.5. The molecule has 0 aliphatic rings. The number of hydrogen-bond donors (Lipinski definition) is 0. The van der Waals surface area contributed by atoms with E-state index in [1.807, 2.05) is 12.3 Å². The van der Waals surface area contributed by atoms with Crippen LogP contribution in [-0.4, -0.2) is 4.98 Å². The van der Waals surface area contributed by atoms with Gasteiger partial charge in [0.2, 0.25) is 0 Å². The highest BCUT2D eigenvalue weighted by Gasteiger charge is 2.16. The van der Waals surface area contributed by atoms with Crippen molar-refractivity contribution in [2.75, 3.05) is 4.90 Å². The Labute approximate surface area is 301 Å². The van der Waals surface area contributed by atoms with Crippen molar-refractivity contribution in [2.24, 2.45) is 0 Å². The average molecular weight is 665 g/mol. The second-order valence-corrected chi connectivity index (χ2v) is 13.2. The SMILES string of the molecule is c1ccc(-c2cccc(N(c3ccc(-c4ccc5ccc6oc7cnccc7c6c5c4)cc3)c3ccc(-c4cccc5ccccc45)cc3)c2)cc1. The minimum absolute atomic E-state index is 0.807. The fourth-order valence-corrected chi connectivity index (χ4v) is 7.60. The molecule has 0 saturated heterocycles. The van der Waals surface area contributed by atoms with Gasteiger partial charge in [0.05, 0.1) is 6.20 Å². The predicted molar refractivity (Wildman–Crippen MR) is 218 cm³/mol. The van der Waals surface area contributed by atoms with Crippen molar-refractivity contribution >= 4 is 60.5 Å². The molecule has 0 amide bonds. The van der Waals surface area contributed by atoms with Crippen LogP contribution in [-0.2, 0) is 0 Å². The molecule has 0 aliphatic carbocycles. The predicted octanol–water partition coefficient (Wildman–Crippen LogP) is 13.8. The molecule has 0 N–H and O–H groups in total. The third kappa shape index (κ3) is 5.19. The van der Waals surface area contributed by atoms with Crippen molar-refractivity contribution < 1.29 is 4.42 Å². The first kappa shape index (κ1) is 29.9. The lowest BCUT2D eigenvalue weighted by Gasteiger charge is -2.26. The van der Waals surface area contributed by atoms with Gasteiger partial charge in [-0.2, -0.15) is 0 Å². The summed E-state index contributed by atoms with van der Waals surface area (Å²) in [6, 6.07) is 65.3. The minimum Gasteiger partial charge on any atom is -0.454 e. The van der Waals surface area contributed by atoms with E-state index in [4.69, 9.17) is 4.42 Å². The maximum Gasteiger partial charge on any atom is 0.153 e. The van der Waals surface area contributed by atoms with Crippen LogP contribution in [0.15, 0.2) is 199 Å². The number of pyridine rings is 1. The van der Waals surface area contributed by atoms with E-state index in [-0.39, 0.29) is 0 Å². The van der Waals surface area contributed by atoms with E-state index in [0.717, 1.165) is 50.1 Å². The van der Waals surface area contributed by atoms with Gasteiger partial charge >= 0.3 is 0 Å². The fourth-order valence-electron chi connectivity index (χ4n) is 7.60. The van der Waals surface area contributed by atoms with E-state index < -0.39 is 0 Å². The van der Waals surface area contributed by atoms with Crippen molar-refractivity contribution in [3.63, 3.8) is 0 Å². The van der Waals surface area contributed by atoms with Crippen LogP contribution in [0.3, 0.4) is 0 Å². The molecule has 2 heterocycles. The van der Waals surface area contributed by atoms with Gasteiger partial charge in [0.1, 0.15) is 5.58 Å². The van der Waals surface area contributed by atoms with Crippen LogP contribution in [0.25, 0.3) is 76.9 Å². The van der Waals surface area contributed by atoms with Crippen LogP contribution < -0.4 is 4.90 Å². The summed E-state index contributed by atoms with van der Waals surface area (Å²) in [7, 11) is 0. The summed E-state index contributed by atoms with van der Waals surface area (Å²) in [5.74, 6) is 0. The molecule has 10 rings (SSSR count). The zero-order valence-corrected chi connectivity index (χ0v) is 28.3. The van der Waals surface area contributed by atoms with Crippen LogP contribution >= 0.6 is 0 Å². The number of furan rings is 1. The lowest BCUT2D eigenvalue weighted by Crippen LogP contribution is -2.10. The van der Waals surface area contributed by atoms with Crippen molar-refractivity contribution in [1.29, 1.82) is 0 Å². The van der Waals surface area contributed by atoms with E-state index in [0.29, 0.717) is 0 Å². The largest absolute Gasteiger partial charge is 0.454 e. The Balaban J connectivity index is 1.07. The molecule has 3 nitrogen and oxygen atoms in total. The summed E-state index contributed by atoms with van der Waals surface area (Å²) in [5, 5.41) is 7.08. The molecule has 0 aliphatic heterocycles. The summed E-state index contributed by atoms with van der Waals surface area (Å²) < 4.78 is 6.15. The summed E-state index contributed by atoms with van der Waals surface area (Å²) in [4.78, 5) is 6.62. The van der Waals surface area contributed by atoms with Gasteiger partial charge in [-0.1, -0.05) is 127 Å². The van der Waals surface area contributed by atoms with Gasteiger partial charge in [0, 0.05) is 34.0 Å². The highest BCUT2D eigenvalue weighted by molar-refractivity contribution is 6.19. The Morgan fingerprint density at radius 3 is 1.87 bits per heavy atom. The van der Waals surface area contributed by atoms with Crippen LogP contribution in [0.1, 0.15) is 0 Å². The van der Waals surface area contributed by atoms with Crippen LogP contribution in [0.2, 0.25) is 0 Å². The highest BCUT2D eigenvalue weighted by Crippen LogP contribution is 2.40. The van der Waals surface area contributed by atoms with E-state index in [9.17, 15) is 0 Å². The van der Waals surface area contributed by atoms with Gasteiger partial charge in [-0.15, -0.1) is 0 Å². The molecular formula is C49H32N2O. The number of rotatable bonds is 6. The first-order valence-corrected chi connectivity index (χ1v) is 17.6. The molecular weight excluding hydrogens is 633 g/mol. The van der Waals surface area contributed by atoms with Crippen LogP contribution in [0, 0.1) is 0 Å². The molecule has 0 bridgehead atoms. The lowest BCUT2D eigenvalue weighted by atomic mass is 9.97. The van der Waals surface area contributed by atoms with E-state index >= 15 is 0 Å². The first-order valence-electron chi connectivity index (χ1n) is 17.6. The Bertz CT molecular complexity index is 2880. The topological polar surface area (TPSA) is 29.3 Å². The average Bonchev–Trinajstić information content (AvgIpc) is 3.61. The van der Waals surface area contributed by atoms with E-state index in [1.165, 1.54) is 43.8 Å². The molecule has 2 aromatic heterocycles. The Morgan fingerprint density at radius 1 is 0.385 bits per heavy atom. The molecule has 0 unspecified atom stereocenters. The fraction of sp³-hybridized carbons (Fsp3) is 0. The lowest BCUT2D eigenvalue weighted by molar-refractivity contribution is 0.667. The third-order valence-corrected chi connectivity index (χ3v) is 10.2. The zero-order chi connectivity index (χ0) is 34.4. The summed E-state index contributed by atoms with van der Waals surface area (Å²) in [6.45, 7) is 0. The zero-order valence-electron chi connectivity index (χ0n) is 28.3. The maximum atomic E-state index is 6.15. The number of fused-ring (bicyclic) bond motifs is 6. The molecule has 244 valence electrons. The van der Waals surface area contributed by atoms with Gasteiger partial charge in [0.15, 0.2) is 5.58 Å². The molecule has 0 fully saturated rings. The maximum absolute atomic E-state index is 6.15. The summed E-state index contributed by atoms with van der Waals surface area (Å²) >= 11 is 0. The highest BCUT2D eigenvalue weighted by atomic mass is 16.3. The molecule has 52 heavy (non-hydrogen) atoms. The Kier molecular flexibility index (Phi) is 7.14. The smallest absolute Gasteiger partial charge is 0.153 e. The molecule has 10 aromatic rings. The number of benzene rings is 8. The second kappa shape index (κ2) is 12.4. The van der Waals surface area contributed by atoms with Gasteiger partial charge in [0.25, 0.3) is 0 Å². The van der Waals surface area contributed by atoms with Crippen LogP contribution in [0.5, 0.6) is 0 Å². The molecule has 8 aromatic carbocycles. The number of aromatic nitrogens is 1. The monoisotopic (exact) mass is 664 g/mol. The number of hydrogen-bond acceptors (Lipinski definition) is 3. The third-order valence-electron chi connectivity index (χ3n) is 10.2. The molecule has 0 spiro atoms. The van der Waals surface area contributed by atoms with Crippen LogP contribution in [0.4, 0.5) is 17.1 Å². The van der Waals surface area contributed by atoms with Crippen molar-refractivity contribution in [1.82, 2.24) is 4.98 Å². The van der Waals surface area contributed by atoms with Crippen molar-refractivity contribution in [3.05, 3.63) is 194 Å². The van der Waals surface area contributed by atoms with Gasteiger partial charge in [-0.05, 0) is 110 Å². The van der Waals surface area contributed by atoms with Gasteiger partial charge in [-0.25, -0.2) is 0 Å². The Hall–Kier alpha value is -6.97. The van der Waals surface area contributed by atoms with Crippen molar-refractivity contribution in [3.8, 4) is 33.4 Å². The van der Waals surface area contributed by atoms with Gasteiger partial charge < -0.3 is 9.32 Å². The molecule has 0 saturated carbocycles. The number of nitrogens with zero attached hydrogens (tertiary/aromatic N) is 2. The first-order chi connectivity index (χ1) is 25.8. The summed E-state index contributed by atoms with van der Waals surface area (Å²) in [5.41, 5.74) is 12.1. The van der Waals surface area contributed by atoms with Gasteiger partial charge in [-0.3, -0.25) is 4.98 Å². The second-order valence-electron chi connectivity index (χ2n) is 13.2. The summed E-state index contributed by atoms with van der Waals surface area (Å²) in [6.07, 6.45) is 3.62.